The highest BCUT2D eigenvalue weighted by Crippen LogP contribution is 2.34. The van der Waals surface area contributed by atoms with Gasteiger partial charge in [0.25, 0.3) is 0 Å². The van der Waals surface area contributed by atoms with E-state index in [2.05, 4.69) is 31.8 Å². The standard InChI is InChI=1S/C25H31NO4Si/c1-31(2,3)23-11-7-10-19(14-23)24(27)20-12-21-16-29-17-22(13-20)26(21)25(28)30-15-18-8-5-4-6-9-18/h4-11,14,20-22H,12-13,15-17H2,1-3H3. The lowest BCUT2D eigenvalue weighted by atomic mass is 9.81. The summed E-state index contributed by atoms with van der Waals surface area (Å²) in [5.74, 6) is 0.100. The van der Waals surface area contributed by atoms with Crippen molar-refractivity contribution in [1.29, 1.82) is 0 Å². The Balaban J connectivity index is 1.44. The SMILES string of the molecule is C[Si](C)(C)c1cccc(C(=O)C2CC3COCC(C2)N3C(=O)OCc2ccccc2)c1. The zero-order valence-corrected chi connectivity index (χ0v) is 19.5. The smallest absolute Gasteiger partial charge is 0.410 e. The Hall–Kier alpha value is -2.44. The van der Waals surface area contributed by atoms with E-state index < -0.39 is 8.07 Å². The van der Waals surface area contributed by atoms with Crippen molar-refractivity contribution in [2.45, 2.75) is 51.2 Å². The van der Waals surface area contributed by atoms with Gasteiger partial charge in [0.05, 0.1) is 33.4 Å². The number of amides is 1. The monoisotopic (exact) mass is 437 g/mol. The molecule has 2 unspecified atom stereocenters. The van der Waals surface area contributed by atoms with Crippen LogP contribution in [0, 0.1) is 5.92 Å². The van der Waals surface area contributed by atoms with Gasteiger partial charge in [0.2, 0.25) is 0 Å². The molecule has 2 fully saturated rings. The van der Waals surface area contributed by atoms with E-state index >= 15 is 0 Å². The number of nitrogens with zero attached hydrogens (tertiary/aromatic N) is 1. The third-order valence-corrected chi connectivity index (χ3v) is 8.36. The van der Waals surface area contributed by atoms with Gasteiger partial charge < -0.3 is 9.47 Å². The molecule has 2 atom stereocenters. The van der Waals surface area contributed by atoms with Crippen LogP contribution in [0.25, 0.3) is 0 Å². The summed E-state index contributed by atoms with van der Waals surface area (Å²) in [5.41, 5.74) is 1.76. The number of benzene rings is 2. The van der Waals surface area contributed by atoms with Crippen molar-refractivity contribution in [3.8, 4) is 0 Å². The Morgan fingerprint density at radius 1 is 1.00 bits per heavy atom. The van der Waals surface area contributed by atoms with Gasteiger partial charge in [-0.2, -0.15) is 0 Å². The molecule has 0 aromatic heterocycles. The van der Waals surface area contributed by atoms with Crippen molar-refractivity contribution in [3.05, 3.63) is 65.7 Å². The molecule has 4 rings (SSSR count). The second-order valence-corrected chi connectivity index (χ2v) is 14.7. The van der Waals surface area contributed by atoms with Crippen LogP contribution in [0.1, 0.15) is 28.8 Å². The average molecular weight is 438 g/mol. The molecule has 0 radical (unpaired) electrons. The van der Waals surface area contributed by atoms with Crippen molar-refractivity contribution in [3.63, 3.8) is 0 Å². The van der Waals surface area contributed by atoms with E-state index in [-0.39, 0.29) is 36.5 Å². The average Bonchev–Trinajstić information content (AvgIpc) is 2.76. The summed E-state index contributed by atoms with van der Waals surface area (Å²) in [7, 11) is -1.49. The maximum Gasteiger partial charge on any atom is 0.410 e. The fraction of sp³-hybridized carbons (Fsp3) is 0.440. The van der Waals surface area contributed by atoms with Gasteiger partial charge in [0.1, 0.15) is 6.61 Å². The first-order chi connectivity index (χ1) is 14.8. The summed E-state index contributed by atoms with van der Waals surface area (Å²) in [6.07, 6.45) is 0.925. The molecule has 2 saturated heterocycles. The number of ketones is 1. The number of hydrogen-bond acceptors (Lipinski definition) is 4. The second-order valence-electron chi connectivity index (χ2n) is 9.66. The zero-order chi connectivity index (χ0) is 22.0. The molecule has 2 aromatic carbocycles. The van der Waals surface area contributed by atoms with Gasteiger partial charge in [0.15, 0.2) is 5.78 Å². The van der Waals surface area contributed by atoms with Crippen molar-refractivity contribution in [2.24, 2.45) is 5.92 Å². The number of hydrogen-bond donors (Lipinski definition) is 0. The van der Waals surface area contributed by atoms with Crippen LogP contribution in [-0.4, -0.2) is 50.1 Å². The fourth-order valence-corrected chi connectivity index (χ4v) is 5.78. The van der Waals surface area contributed by atoms with Gasteiger partial charge in [0, 0.05) is 11.5 Å². The van der Waals surface area contributed by atoms with Gasteiger partial charge >= 0.3 is 6.09 Å². The first-order valence-corrected chi connectivity index (χ1v) is 14.5. The van der Waals surface area contributed by atoms with Crippen LogP contribution in [0.4, 0.5) is 4.79 Å². The van der Waals surface area contributed by atoms with Crippen LogP contribution in [0.3, 0.4) is 0 Å². The minimum atomic E-state index is -1.49. The number of ether oxygens (including phenoxy) is 2. The summed E-state index contributed by atoms with van der Waals surface area (Å²) < 4.78 is 11.3. The molecule has 2 bridgehead atoms. The first kappa shape index (κ1) is 21.8. The maximum atomic E-state index is 13.3. The predicted molar refractivity (Wildman–Crippen MR) is 123 cm³/mol. The Labute approximate surface area is 185 Å². The van der Waals surface area contributed by atoms with Gasteiger partial charge in [-0.15, -0.1) is 0 Å². The van der Waals surface area contributed by atoms with Crippen molar-refractivity contribution < 1.29 is 19.1 Å². The molecule has 164 valence electrons. The van der Waals surface area contributed by atoms with Crippen LogP contribution < -0.4 is 5.19 Å². The van der Waals surface area contributed by atoms with Gasteiger partial charge in [-0.3, -0.25) is 9.69 Å². The highest BCUT2D eigenvalue weighted by molar-refractivity contribution is 6.88. The molecule has 2 aromatic rings. The topological polar surface area (TPSA) is 55.8 Å². The van der Waals surface area contributed by atoms with E-state index in [1.165, 1.54) is 5.19 Å². The van der Waals surface area contributed by atoms with E-state index in [0.29, 0.717) is 26.1 Å². The second kappa shape index (κ2) is 8.97. The quantitative estimate of drug-likeness (QED) is 0.519. The molecule has 0 saturated carbocycles. The van der Waals surface area contributed by atoms with E-state index in [4.69, 9.17) is 9.47 Å². The lowest BCUT2D eigenvalue weighted by Crippen LogP contribution is -2.60. The Kier molecular flexibility index (Phi) is 6.30. The third kappa shape index (κ3) is 4.91. The number of fused-ring (bicyclic) bond motifs is 2. The van der Waals surface area contributed by atoms with E-state index in [1.54, 1.807) is 0 Å². The molecule has 0 spiro atoms. The number of rotatable bonds is 5. The van der Waals surface area contributed by atoms with E-state index in [1.807, 2.05) is 47.4 Å². The summed E-state index contributed by atoms with van der Waals surface area (Å²) in [6, 6.07) is 17.6. The predicted octanol–water partition coefficient (Wildman–Crippen LogP) is 4.23. The molecule has 0 N–H and O–H groups in total. The highest BCUT2D eigenvalue weighted by atomic mass is 28.3. The van der Waals surface area contributed by atoms with E-state index in [0.717, 1.165) is 11.1 Å². The van der Waals surface area contributed by atoms with E-state index in [9.17, 15) is 9.59 Å². The number of morpholine rings is 1. The molecule has 2 aliphatic rings. The van der Waals surface area contributed by atoms with Gasteiger partial charge in [-0.25, -0.2) is 4.79 Å². The number of Topliss-reactive ketones (excluding diaryl/α,β-unsaturated/α-hetero) is 1. The molecular formula is C25H31NO4Si. The zero-order valence-electron chi connectivity index (χ0n) is 18.5. The first-order valence-electron chi connectivity index (χ1n) is 11.0. The molecule has 5 nitrogen and oxygen atoms in total. The summed E-state index contributed by atoms with van der Waals surface area (Å²) >= 11 is 0. The Bertz CT molecular complexity index is 926. The van der Waals surface area contributed by atoms with Gasteiger partial charge in [-0.1, -0.05) is 79.4 Å². The van der Waals surface area contributed by atoms with Crippen LogP contribution in [0.5, 0.6) is 0 Å². The number of carbonyl (C=O) groups is 2. The minimum Gasteiger partial charge on any atom is -0.445 e. The molecule has 6 heteroatoms. The number of carbonyl (C=O) groups excluding carboxylic acids is 2. The summed E-state index contributed by atoms with van der Waals surface area (Å²) in [4.78, 5) is 28.0. The van der Waals surface area contributed by atoms with Crippen LogP contribution in [0.15, 0.2) is 54.6 Å². The summed E-state index contributed by atoms with van der Waals surface area (Å²) in [5, 5.41) is 1.30. The molecule has 0 aliphatic carbocycles. The van der Waals surface area contributed by atoms with Crippen LogP contribution >= 0.6 is 0 Å². The van der Waals surface area contributed by atoms with Crippen molar-refractivity contribution in [1.82, 2.24) is 4.90 Å². The molecular weight excluding hydrogens is 406 g/mol. The molecule has 2 heterocycles. The molecule has 31 heavy (non-hydrogen) atoms. The Morgan fingerprint density at radius 2 is 1.68 bits per heavy atom. The third-order valence-electron chi connectivity index (χ3n) is 6.32. The van der Waals surface area contributed by atoms with Crippen molar-refractivity contribution >= 4 is 25.1 Å². The lowest BCUT2D eigenvalue weighted by Gasteiger charge is -2.47. The normalized spacial score (nSPS) is 23.3. The van der Waals surface area contributed by atoms with Gasteiger partial charge in [-0.05, 0) is 18.4 Å². The fourth-order valence-electron chi connectivity index (χ4n) is 4.60. The molecule has 1 amide bonds. The summed E-state index contributed by atoms with van der Waals surface area (Å²) in [6.45, 7) is 8.03. The Morgan fingerprint density at radius 3 is 2.32 bits per heavy atom. The van der Waals surface area contributed by atoms with Crippen molar-refractivity contribution in [2.75, 3.05) is 13.2 Å². The minimum absolute atomic E-state index is 0.0889. The maximum absolute atomic E-state index is 13.3. The lowest BCUT2D eigenvalue weighted by molar-refractivity contribution is -0.0755. The molecule has 2 aliphatic heterocycles. The van der Waals surface area contributed by atoms with Crippen LogP contribution in [-0.2, 0) is 16.1 Å². The number of piperidine rings is 1. The van der Waals surface area contributed by atoms with Crippen LogP contribution in [0.2, 0.25) is 19.6 Å². The highest BCUT2D eigenvalue weighted by Gasteiger charge is 2.44. The largest absolute Gasteiger partial charge is 0.445 e.